The lowest BCUT2D eigenvalue weighted by Crippen LogP contribution is -2.12. The lowest BCUT2D eigenvalue weighted by molar-refractivity contribution is 0.102. The third-order valence-corrected chi connectivity index (χ3v) is 4.08. The van der Waals surface area contributed by atoms with Gasteiger partial charge in [0, 0.05) is 10.0 Å². The lowest BCUT2D eigenvalue weighted by atomic mass is 10.0. The monoisotopic (exact) mass is 376 g/mol. The van der Waals surface area contributed by atoms with Gasteiger partial charge in [0.05, 0.1) is 11.3 Å². The topological polar surface area (TPSA) is 52.9 Å². The summed E-state index contributed by atoms with van der Waals surface area (Å²) in [6.07, 6.45) is 0. The predicted molar refractivity (Wildman–Crippen MR) is 98.7 cm³/mol. The number of hydrogen-bond acceptors (Lipinski definition) is 2. The molecule has 0 spiro atoms. The second-order valence-electron chi connectivity index (χ2n) is 5.20. The van der Waals surface area contributed by atoms with Gasteiger partial charge in [-0.15, -0.1) is 0 Å². The molecule has 0 aromatic heterocycles. The molecule has 24 heavy (non-hydrogen) atoms. The van der Waals surface area contributed by atoms with Crippen molar-refractivity contribution in [1.29, 1.82) is 5.26 Å². The summed E-state index contributed by atoms with van der Waals surface area (Å²) < 4.78 is 0.827. The Bertz CT molecular complexity index is 930. The van der Waals surface area contributed by atoms with Gasteiger partial charge < -0.3 is 5.32 Å². The molecule has 3 aromatic rings. The van der Waals surface area contributed by atoms with E-state index in [-0.39, 0.29) is 5.91 Å². The van der Waals surface area contributed by atoms with Gasteiger partial charge in [-0.05, 0) is 41.5 Å². The van der Waals surface area contributed by atoms with E-state index in [4.69, 9.17) is 0 Å². The first-order valence-electron chi connectivity index (χ1n) is 7.34. The Hall–Kier alpha value is -2.90. The molecular formula is C20H13BrN2O. The van der Waals surface area contributed by atoms with Crippen molar-refractivity contribution in [2.24, 2.45) is 0 Å². The maximum absolute atomic E-state index is 12.4. The fourth-order valence-corrected chi connectivity index (χ4v) is 2.78. The molecule has 0 atom stereocenters. The fraction of sp³-hybridized carbons (Fsp3) is 0. The predicted octanol–water partition coefficient (Wildman–Crippen LogP) is 5.24. The maximum Gasteiger partial charge on any atom is 0.255 e. The smallest absolute Gasteiger partial charge is 0.255 e. The number of benzene rings is 3. The molecule has 0 unspecified atom stereocenters. The number of hydrogen-bond donors (Lipinski definition) is 1. The first-order valence-corrected chi connectivity index (χ1v) is 8.13. The van der Waals surface area contributed by atoms with Gasteiger partial charge in [0.1, 0.15) is 6.07 Å². The van der Waals surface area contributed by atoms with Gasteiger partial charge in [-0.2, -0.15) is 5.26 Å². The van der Waals surface area contributed by atoms with Crippen LogP contribution in [0.3, 0.4) is 0 Å². The molecule has 0 bridgehead atoms. The van der Waals surface area contributed by atoms with Crippen molar-refractivity contribution in [3.8, 4) is 17.2 Å². The Balaban J connectivity index is 1.95. The molecule has 0 radical (unpaired) electrons. The second-order valence-corrected chi connectivity index (χ2v) is 6.12. The molecule has 0 fully saturated rings. The van der Waals surface area contributed by atoms with Crippen LogP contribution in [0.15, 0.2) is 77.3 Å². The van der Waals surface area contributed by atoms with Crippen molar-refractivity contribution in [3.05, 3.63) is 88.4 Å². The molecule has 1 N–H and O–H groups in total. The molecule has 0 aliphatic rings. The molecule has 0 saturated heterocycles. The number of halogens is 1. The van der Waals surface area contributed by atoms with Gasteiger partial charge in [-0.25, -0.2) is 0 Å². The Kier molecular flexibility index (Phi) is 4.74. The number of amides is 1. The van der Waals surface area contributed by atoms with E-state index in [9.17, 15) is 10.1 Å². The molecule has 3 rings (SSSR count). The van der Waals surface area contributed by atoms with Crippen molar-refractivity contribution >= 4 is 27.5 Å². The number of nitrogens with one attached hydrogen (secondary N) is 1. The van der Waals surface area contributed by atoms with Crippen LogP contribution in [0.2, 0.25) is 0 Å². The first kappa shape index (κ1) is 16.0. The van der Waals surface area contributed by atoms with Crippen LogP contribution in [-0.4, -0.2) is 5.91 Å². The van der Waals surface area contributed by atoms with E-state index in [0.717, 1.165) is 15.6 Å². The van der Waals surface area contributed by atoms with Crippen LogP contribution in [0.1, 0.15) is 15.9 Å². The number of nitrogens with zero attached hydrogens (tertiary/aromatic N) is 1. The Morgan fingerprint density at radius 1 is 0.917 bits per heavy atom. The standard InChI is InChI=1S/C20H13BrN2O/c21-18-8-4-7-16(11-18)20(24)23-19-12-15(9-10-17(19)13-22)14-5-2-1-3-6-14/h1-12H,(H,23,24). The Labute approximate surface area is 148 Å². The summed E-state index contributed by atoms with van der Waals surface area (Å²) in [6.45, 7) is 0. The molecule has 0 heterocycles. The van der Waals surface area contributed by atoms with Crippen LogP contribution in [0.5, 0.6) is 0 Å². The molecule has 4 heteroatoms. The van der Waals surface area contributed by atoms with Gasteiger partial charge in [-0.3, -0.25) is 4.79 Å². The molecule has 0 aliphatic carbocycles. The number of carbonyl (C=O) groups excluding carboxylic acids is 1. The number of rotatable bonds is 3. The largest absolute Gasteiger partial charge is 0.321 e. The lowest BCUT2D eigenvalue weighted by Gasteiger charge is -2.10. The molecule has 3 aromatic carbocycles. The Morgan fingerprint density at radius 3 is 2.42 bits per heavy atom. The van der Waals surface area contributed by atoms with Gasteiger partial charge >= 0.3 is 0 Å². The van der Waals surface area contributed by atoms with Crippen molar-refractivity contribution in [1.82, 2.24) is 0 Å². The van der Waals surface area contributed by atoms with Gasteiger partial charge in [0.15, 0.2) is 0 Å². The zero-order chi connectivity index (χ0) is 16.9. The average Bonchev–Trinajstić information content (AvgIpc) is 2.62. The summed E-state index contributed by atoms with van der Waals surface area (Å²) in [7, 11) is 0. The molecule has 0 saturated carbocycles. The van der Waals surface area contributed by atoms with E-state index in [1.807, 2.05) is 48.5 Å². The molecule has 0 aliphatic heterocycles. The summed E-state index contributed by atoms with van der Waals surface area (Å²) in [4.78, 5) is 12.4. The van der Waals surface area contributed by atoms with Crippen LogP contribution < -0.4 is 5.32 Å². The van der Waals surface area contributed by atoms with Crippen LogP contribution in [0.25, 0.3) is 11.1 Å². The van der Waals surface area contributed by atoms with E-state index in [1.54, 1.807) is 24.3 Å². The van der Waals surface area contributed by atoms with Crippen LogP contribution >= 0.6 is 15.9 Å². The second kappa shape index (κ2) is 7.12. The third kappa shape index (κ3) is 3.53. The average molecular weight is 377 g/mol. The van der Waals surface area contributed by atoms with Crippen molar-refractivity contribution in [3.63, 3.8) is 0 Å². The summed E-state index contributed by atoms with van der Waals surface area (Å²) in [5, 5.41) is 12.1. The minimum absolute atomic E-state index is 0.252. The van der Waals surface area contributed by atoms with Crippen LogP contribution in [0, 0.1) is 11.3 Å². The van der Waals surface area contributed by atoms with Crippen molar-refractivity contribution < 1.29 is 4.79 Å². The molecule has 116 valence electrons. The Morgan fingerprint density at radius 2 is 1.71 bits per heavy atom. The zero-order valence-electron chi connectivity index (χ0n) is 12.7. The number of anilines is 1. The highest BCUT2D eigenvalue weighted by Crippen LogP contribution is 2.26. The first-order chi connectivity index (χ1) is 11.7. The van der Waals surface area contributed by atoms with Crippen molar-refractivity contribution in [2.45, 2.75) is 0 Å². The third-order valence-electron chi connectivity index (χ3n) is 3.58. The molecular weight excluding hydrogens is 364 g/mol. The van der Waals surface area contributed by atoms with E-state index in [1.165, 1.54) is 0 Å². The number of nitriles is 1. The highest BCUT2D eigenvalue weighted by atomic mass is 79.9. The fourth-order valence-electron chi connectivity index (χ4n) is 2.38. The normalized spacial score (nSPS) is 10.0. The van der Waals surface area contributed by atoms with Crippen molar-refractivity contribution in [2.75, 3.05) is 5.32 Å². The summed E-state index contributed by atoms with van der Waals surface area (Å²) in [6, 6.07) is 24.5. The molecule has 3 nitrogen and oxygen atoms in total. The molecule has 1 amide bonds. The summed E-state index contributed by atoms with van der Waals surface area (Å²) in [5.74, 6) is -0.252. The van der Waals surface area contributed by atoms with Crippen LogP contribution in [-0.2, 0) is 0 Å². The van der Waals surface area contributed by atoms with Gasteiger partial charge in [-0.1, -0.05) is 58.4 Å². The SMILES string of the molecule is N#Cc1ccc(-c2ccccc2)cc1NC(=O)c1cccc(Br)c1. The quantitative estimate of drug-likeness (QED) is 0.679. The number of carbonyl (C=O) groups is 1. The van der Waals surface area contributed by atoms with E-state index < -0.39 is 0 Å². The minimum atomic E-state index is -0.252. The van der Waals surface area contributed by atoms with E-state index in [2.05, 4.69) is 27.3 Å². The van der Waals surface area contributed by atoms with Crippen LogP contribution in [0.4, 0.5) is 5.69 Å². The highest BCUT2D eigenvalue weighted by Gasteiger charge is 2.11. The zero-order valence-corrected chi connectivity index (χ0v) is 14.2. The highest BCUT2D eigenvalue weighted by molar-refractivity contribution is 9.10. The summed E-state index contributed by atoms with van der Waals surface area (Å²) in [5.41, 5.74) is 3.43. The minimum Gasteiger partial charge on any atom is -0.321 e. The van der Waals surface area contributed by atoms with Gasteiger partial charge in [0.25, 0.3) is 5.91 Å². The van der Waals surface area contributed by atoms with E-state index >= 15 is 0 Å². The maximum atomic E-state index is 12.4. The van der Waals surface area contributed by atoms with Gasteiger partial charge in [0.2, 0.25) is 0 Å². The summed E-state index contributed by atoms with van der Waals surface area (Å²) >= 11 is 3.35. The van der Waals surface area contributed by atoms with E-state index in [0.29, 0.717) is 16.8 Å².